The maximum absolute atomic E-state index is 12.4. The van der Waals surface area contributed by atoms with Gasteiger partial charge in [0.2, 0.25) is 5.91 Å². The van der Waals surface area contributed by atoms with Gasteiger partial charge >= 0.3 is 0 Å². The molecular weight excluding hydrogens is 390 g/mol. The van der Waals surface area contributed by atoms with Gasteiger partial charge in [-0.3, -0.25) is 4.79 Å². The molecule has 4 aromatic rings. The highest BCUT2D eigenvalue weighted by Crippen LogP contribution is 2.29. The van der Waals surface area contributed by atoms with E-state index in [-0.39, 0.29) is 5.91 Å². The number of carbonyl (C=O) groups excluding carboxylic acids is 1. The molecule has 5 rings (SSSR count). The fourth-order valence-electron chi connectivity index (χ4n) is 3.60. The standard InChI is InChI=1S/C24H25N5O2/c1-28-11-10-20-12-19(6-9-22(20)28)13-24(30)26-23-14-25-29(27-23)15-17-4-7-21(8-5-17)31-16-18-2-3-18/h4-12,14,18H,2-3,13,15-16H2,1H3,(H,26,27,30). The van der Waals surface area contributed by atoms with Crippen LogP contribution in [0.25, 0.3) is 10.9 Å². The monoisotopic (exact) mass is 415 g/mol. The summed E-state index contributed by atoms with van der Waals surface area (Å²) in [7, 11) is 2.01. The van der Waals surface area contributed by atoms with Crippen LogP contribution in [0.5, 0.6) is 5.75 Å². The molecule has 2 aromatic carbocycles. The Morgan fingerprint density at radius 1 is 1.13 bits per heavy atom. The van der Waals surface area contributed by atoms with Gasteiger partial charge in [-0.25, -0.2) is 0 Å². The van der Waals surface area contributed by atoms with E-state index in [9.17, 15) is 4.79 Å². The van der Waals surface area contributed by atoms with Crippen molar-refractivity contribution in [2.24, 2.45) is 13.0 Å². The van der Waals surface area contributed by atoms with Gasteiger partial charge < -0.3 is 14.6 Å². The number of aromatic nitrogens is 4. The van der Waals surface area contributed by atoms with Crippen LogP contribution in [0, 0.1) is 5.92 Å². The number of ether oxygens (including phenoxy) is 1. The predicted octanol–water partition coefficient (Wildman–Crippen LogP) is 3.79. The third-order valence-corrected chi connectivity index (χ3v) is 5.55. The Labute approximate surface area is 180 Å². The van der Waals surface area contributed by atoms with Crippen molar-refractivity contribution < 1.29 is 9.53 Å². The van der Waals surface area contributed by atoms with Gasteiger partial charge in [-0.1, -0.05) is 18.2 Å². The summed E-state index contributed by atoms with van der Waals surface area (Å²) < 4.78 is 7.83. The van der Waals surface area contributed by atoms with Crippen LogP contribution >= 0.6 is 0 Å². The molecule has 0 spiro atoms. The van der Waals surface area contributed by atoms with Gasteiger partial charge in [-0.05, 0) is 65.6 Å². The molecule has 1 aliphatic rings. The number of anilines is 1. The molecule has 0 bridgehead atoms. The molecule has 0 aliphatic heterocycles. The van der Waals surface area contributed by atoms with Crippen molar-refractivity contribution >= 4 is 22.6 Å². The van der Waals surface area contributed by atoms with Gasteiger partial charge in [-0.15, -0.1) is 5.10 Å². The Morgan fingerprint density at radius 2 is 1.94 bits per heavy atom. The van der Waals surface area contributed by atoms with Crippen molar-refractivity contribution in [2.45, 2.75) is 25.8 Å². The number of rotatable bonds is 8. The Balaban J connectivity index is 1.15. The highest BCUT2D eigenvalue weighted by molar-refractivity contribution is 5.92. The van der Waals surface area contributed by atoms with E-state index >= 15 is 0 Å². The Hall–Kier alpha value is -3.61. The van der Waals surface area contributed by atoms with Crippen LogP contribution < -0.4 is 10.1 Å². The summed E-state index contributed by atoms with van der Waals surface area (Å²) >= 11 is 0. The smallest absolute Gasteiger partial charge is 0.230 e. The first-order valence-electron chi connectivity index (χ1n) is 10.6. The molecule has 31 heavy (non-hydrogen) atoms. The molecule has 0 unspecified atom stereocenters. The maximum atomic E-state index is 12.4. The molecule has 1 aliphatic carbocycles. The van der Waals surface area contributed by atoms with E-state index in [1.165, 1.54) is 12.8 Å². The predicted molar refractivity (Wildman–Crippen MR) is 119 cm³/mol. The normalized spacial score (nSPS) is 13.5. The number of amides is 1. The fraction of sp³-hybridized carbons (Fsp3) is 0.292. The minimum absolute atomic E-state index is 0.112. The molecule has 158 valence electrons. The van der Waals surface area contributed by atoms with Crippen LogP contribution in [0.4, 0.5) is 5.82 Å². The van der Waals surface area contributed by atoms with Crippen LogP contribution in [0.15, 0.2) is 60.9 Å². The highest BCUT2D eigenvalue weighted by Gasteiger charge is 2.21. The van der Waals surface area contributed by atoms with E-state index in [1.807, 2.05) is 61.8 Å². The zero-order valence-corrected chi connectivity index (χ0v) is 17.5. The zero-order chi connectivity index (χ0) is 21.2. The van der Waals surface area contributed by atoms with Crippen molar-refractivity contribution in [2.75, 3.05) is 11.9 Å². The van der Waals surface area contributed by atoms with Crippen LogP contribution in [0.1, 0.15) is 24.0 Å². The van der Waals surface area contributed by atoms with Crippen molar-refractivity contribution in [3.63, 3.8) is 0 Å². The summed E-state index contributed by atoms with van der Waals surface area (Å²) in [5, 5.41) is 12.6. The molecule has 7 heteroatoms. The lowest BCUT2D eigenvalue weighted by atomic mass is 10.1. The molecule has 0 radical (unpaired) electrons. The van der Waals surface area contributed by atoms with Gasteiger partial charge in [0, 0.05) is 18.8 Å². The largest absolute Gasteiger partial charge is 0.493 e. The maximum Gasteiger partial charge on any atom is 0.230 e. The second-order valence-electron chi connectivity index (χ2n) is 8.20. The topological polar surface area (TPSA) is 74.0 Å². The number of hydrogen-bond donors (Lipinski definition) is 1. The lowest BCUT2D eigenvalue weighted by molar-refractivity contribution is -0.115. The van der Waals surface area contributed by atoms with Crippen molar-refractivity contribution in [3.8, 4) is 5.75 Å². The van der Waals surface area contributed by atoms with E-state index in [0.717, 1.165) is 40.3 Å². The van der Waals surface area contributed by atoms with Crippen molar-refractivity contribution in [1.82, 2.24) is 19.6 Å². The van der Waals surface area contributed by atoms with E-state index in [2.05, 4.69) is 20.1 Å². The zero-order valence-electron chi connectivity index (χ0n) is 17.5. The van der Waals surface area contributed by atoms with Gasteiger partial charge in [0.25, 0.3) is 0 Å². The second kappa shape index (κ2) is 8.26. The van der Waals surface area contributed by atoms with Crippen LogP contribution in [-0.4, -0.2) is 32.1 Å². The molecular formula is C24H25N5O2. The average molecular weight is 415 g/mol. The molecule has 0 atom stereocenters. The first-order chi connectivity index (χ1) is 15.1. The lowest BCUT2D eigenvalue weighted by Gasteiger charge is -2.06. The SMILES string of the molecule is Cn1ccc2cc(CC(=O)Nc3cnn(Cc4ccc(OCC5CC5)cc4)n3)ccc21. The van der Waals surface area contributed by atoms with E-state index in [0.29, 0.717) is 18.8 Å². The van der Waals surface area contributed by atoms with E-state index in [4.69, 9.17) is 4.74 Å². The summed E-state index contributed by atoms with van der Waals surface area (Å²) in [4.78, 5) is 14.0. The molecule has 0 saturated heterocycles. The summed E-state index contributed by atoms with van der Waals surface area (Å²) in [6.45, 7) is 1.34. The molecule has 1 fully saturated rings. The lowest BCUT2D eigenvalue weighted by Crippen LogP contribution is -2.15. The number of fused-ring (bicyclic) bond motifs is 1. The van der Waals surface area contributed by atoms with E-state index < -0.39 is 0 Å². The van der Waals surface area contributed by atoms with Crippen LogP contribution in [-0.2, 0) is 24.8 Å². The first kappa shape index (κ1) is 19.4. The minimum Gasteiger partial charge on any atom is -0.493 e. The molecule has 1 saturated carbocycles. The van der Waals surface area contributed by atoms with Crippen LogP contribution in [0.2, 0.25) is 0 Å². The van der Waals surface area contributed by atoms with E-state index in [1.54, 1.807) is 11.0 Å². The molecule has 1 N–H and O–H groups in total. The average Bonchev–Trinajstić information content (AvgIpc) is 3.39. The number of nitrogens with one attached hydrogen (secondary N) is 1. The summed E-state index contributed by atoms with van der Waals surface area (Å²) in [6.07, 6.45) is 6.45. The summed E-state index contributed by atoms with van der Waals surface area (Å²) in [5.41, 5.74) is 3.19. The molecule has 2 heterocycles. The van der Waals surface area contributed by atoms with Crippen molar-refractivity contribution in [1.29, 1.82) is 0 Å². The quantitative estimate of drug-likeness (QED) is 0.475. The Kier molecular flexibility index (Phi) is 5.16. The van der Waals surface area contributed by atoms with Crippen LogP contribution in [0.3, 0.4) is 0 Å². The van der Waals surface area contributed by atoms with Crippen molar-refractivity contribution in [3.05, 3.63) is 72.1 Å². The minimum atomic E-state index is -0.112. The number of aryl methyl sites for hydroxylation is 1. The molecule has 2 aromatic heterocycles. The number of benzene rings is 2. The van der Waals surface area contributed by atoms with Gasteiger partial charge in [-0.2, -0.15) is 9.90 Å². The van der Waals surface area contributed by atoms with Gasteiger partial charge in [0.15, 0.2) is 5.82 Å². The molecule has 7 nitrogen and oxygen atoms in total. The van der Waals surface area contributed by atoms with Gasteiger partial charge in [0.05, 0.1) is 25.8 Å². The third-order valence-electron chi connectivity index (χ3n) is 5.55. The molecule has 1 amide bonds. The second-order valence-corrected chi connectivity index (χ2v) is 8.20. The Bertz CT molecular complexity index is 1200. The third kappa shape index (κ3) is 4.77. The highest BCUT2D eigenvalue weighted by atomic mass is 16.5. The fourth-order valence-corrected chi connectivity index (χ4v) is 3.60. The first-order valence-corrected chi connectivity index (χ1v) is 10.6. The van der Waals surface area contributed by atoms with Gasteiger partial charge in [0.1, 0.15) is 5.75 Å². The summed E-state index contributed by atoms with van der Waals surface area (Å²) in [6, 6.07) is 16.1. The summed E-state index contributed by atoms with van der Waals surface area (Å²) in [5.74, 6) is 1.98. The Morgan fingerprint density at radius 3 is 2.74 bits per heavy atom. The number of nitrogens with zero attached hydrogens (tertiary/aromatic N) is 4. The number of carbonyl (C=O) groups is 1. The number of hydrogen-bond acceptors (Lipinski definition) is 4.